The zero-order valence-electron chi connectivity index (χ0n) is 19.4. The second-order valence-electron chi connectivity index (χ2n) is 7.68. The molecule has 1 unspecified atom stereocenters. The number of benzene rings is 2. The molecule has 182 valence electrons. The third-order valence-corrected chi connectivity index (χ3v) is 4.84. The first-order valence-corrected chi connectivity index (χ1v) is 10.9. The minimum Gasteiger partial charge on any atom is -0.306 e. The van der Waals surface area contributed by atoms with E-state index in [1.807, 2.05) is 32.0 Å². The number of rotatable bonds is 2. The highest BCUT2D eigenvalue weighted by atomic mass is 35.5. The summed E-state index contributed by atoms with van der Waals surface area (Å²) in [7, 11) is 2.18. The van der Waals surface area contributed by atoms with Gasteiger partial charge in [-0.1, -0.05) is 49.7 Å². The third-order valence-electron chi connectivity index (χ3n) is 4.53. The van der Waals surface area contributed by atoms with E-state index in [1.54, 1.807) is 24.3 Å². The van der Waals surface area contributed by atoms with Crippen molar-refractivity contribution in [3.05, 3.63) is 70.0 Å². The van der Waals surface area contributed by atoms with Gasteiger partial charge in [0.2, 0.25) is 0 Å². The van der Waals surface area contributed by atoms with Crippen LogP contribution in [0.4, 0.5) is 17.6 Å². The quantitative estimate of drug-likeness (QED) is 0.339. The number of alkyl halides is 3. The highest BCUT2D eigenvalue weighted by Crippen LogP contribution is 2.17. The van der Waals surface area contributed by atoms with Crippen molar-refractivity contribution in [3.63, 3.8) is 0 Å². The molecule has 1 heterocycles. The normalized spacial score (nSPS) is 15.0. The number of likely N-dealkylation sites (tertiary alicyclic amines) is 1. The van der Waals surface area contributed by atoms with Crippen LogP contribution in [0.5, 0.6) is 0 Å². The fourth-order valence-electron chi connectivity index (χ4n) is 2.75. The van der Waals surface area contributed by atoms with E-state index in [2.05, 4.69) is 18.9 Å². The van der Waals surface area contributed by atoms with Gasteiger partial charge < -0.3 is 9.69 Å². The highest BCUT2D eigenvalue weighted by molar-refractivity contribution is 6.31. The zero-order chi connectivity index (χ0) is 25.4. The molecule has 0 radical (unpaired) electrons. The van der Waals surface area contributed by atoms with E-state index in [0.717, 1.165) is 23.5 Å². The van der Waals surface area contributed by atoms with E-state index in [-0.39, 0.29) is 12.1 Å². The summed E-state index contributed by atoms with van der Waals surface area (Å²) in [4.78, 5) is 11.5. The SMILES string of the molecule is CC1CCN(C)C1.CCc1ccccc1F.Cc1ccc(C#N)c(Cl)c1.O=CCC(F)(F)F. The van der Waals surface area contributed by atoms with Crippen molar-refractivity contribution in [2.45, 2.75) is 46.2 Å². The number of carbonyl (C=O) groups is 1. The third kappa shape index (κ3) is 15.1. The van der Waals surface area contributed by atoms with Crippen LogP contribution in [0.3, 0.4) is 0 Å². The number of nitriles is 1. The molecule has 8 heteroatoms. The van der Waals surface area contributed by atoms with Crippen molar-refractivity contribution < 1.29 is 22.4 Å². The summed E-state index contributed by atoms with van der Waals surface area (Å²) in [6.45, 7) is 8.80. The molecular formula is C25H31ClF4N2O. The van der Waals surface area contributed by atoms with Gasteiger partial charge >= 0.3 is 6.18 Å². The molecule has 1 saturated heterocycles. The molecule has 1 aliphatic heterocycles. The van der Waals surface area contributed by atoms with Gasteiger partial charge in [0.15, 0.2) is 0 Å². The zero-order valence-corrected chi connectivity index (χ0v) is 20.2. The molecule has 0 aromatic heterocycles. The van der Waals surface area contributed by atoms with Crippen LogP contribution in [0.15, 0.2) is 42.5 Å². The van der Waals surface area contributed by atoms with Gasteiger partial charge in [-0.2, -0.15) is 18.4 Å². The van der Waals surface area contributed by atoms with Crippen LogP contribution in [0.1, 0.15) is 43.4 Å². The summed E-state index contributed by atoms with van der Waals surface area (Å²) in [5.41, 5.74) is 2.40. The van der Waals surface area contributed by atoms with Gasteiger partial charge in [-0.25, -0.2) is 4.39 Å². The molecular weight excluding hydrogens is 456 g/mol. The Morgan fingerprint density at radius 2 is 1.88 bits per heavy atom. The number of hydrogen-bond donors (Lipinski definition) is 0. The Kier molecular flexibility index (Phi) is 15.0. The van der Waals surface area contributed by atoms with Crippen LogP contribution in [0, 0.1) is 30.0 Å². The number of halogens is 5. The Labute approximate surface area is 199 Å². The molecule has 0 spiro atoms. The van der Waals surface area contributed by atoms with Crippen LogP contribution < -0.4 is 0 Å². The lowest BCUT2D eigenvalue weighted by atomic mass is 10.2. The molecule has 3 rings (SSSR count). The molecule has 0 saturated carbocycles. The molecule has 1 atom stereocenters. The Morgan fingerprint density at radius 3 is 2.18 bits per heavy atom. The molecule has 33 heavy (non-hydrogen) atoms. The average molecular weight is 487 g/mol. The number of aryl methyl sites for hydroxylation is 2. The summed E-state index contributed by atoms with van der Waals surface area (Å²) in [5, 5.41) is 9.00. The van der Waals surface area contributed by atoms with Crippen molar-refractivity contribution in [2.75, 3.05) is 20.1 Å². The monoisotopic (exact) mass is 486 g/mol. The largest absolute Gasteiger partial charge is 0.395 e. The van der Waals surface area contributed by atoms with Crippen LogP contribution in [-0.2, 0) is 11.2 Å². The maximum absolute atomic E-state index is 12.6. The molecule has 1 aliphatic rings. The topological polar surface area (TPSA) is 44.1 Å². The predicted molar refractivity (Wildman–Crippen MR) is 125 cm³/mol. The van der Waals surface area contributed by atoms with Gasteiger partial charge in [-0.3, -0.25) is 0 Å². The van der Waals surface area contributed by atoms with E-state index in [4.69, 9.17) is 21.7 Å². The highest BCUT2D eigenvalue weighted by Gasteiger charge is 2.25. The minimum absolute atomic E-state index is 0.0972. The van der Waals surface area contributed by atoms with Gasteiger partial charge in [0.25, 0.3) is 0 Å². The Morgan fingerprint density at radius 1 is 1.24 bits per heavy atom. The fraction of sp³-hybridized carbons (Fsp3) is 0.440. The first-order chi connectivity index (χ1) is 15.4. The molecule has 2 aromatic rings. The van der Waals surface area contributed by atoms with Crippen molar-refractivity contribution in [1.82, 2.24) is 4.90 Å². The van der Waals surface area contributed by atoms with Crippen molar-refractivity contribution in [3.8, 4) is 6.07 Å². The van der Waals surface area contributed by atoms with Crippen LogP contribution >= 0.6 is 11.6 Å². The second kappa shape index (κ2) is 16.2. The van der Waals surface area contributed by atoms with Crippen molar-refractivity contribution >= 4 is 17.9 Å². The molecule has 2 aromatic carbocycles. The summed E-state index contributed by atoms with van der Waals surface area (Å²) in [6.07, 6.45) is -3.65. The second-order valence-corrected chi connectivity index (χ2v) is 8.09. The van der Waals surface area contributed by atoms with E-state index in [9.17, 15) is 17.6 Å². The molecule has 3 nitrogen and oxygen atoms in total. The maximum atomic E-state index is 12.6. The van der Waals surface area contributed by atoms with Gasteiger partial charge in [-0.05, 0) is 68.6 Å². The first-order valence-electron chi connectivity index (χ1n) is 10.5. The van der Waals surface area contributed by atoms with E-state index < -0.39 is 12.6 Å². The number of hydrogen-bond acceptors (Lipinski definition) is 3. The smallest absolute Gasteiger partial charge is 0.306 e. The predicted octanol–water partition coefficient (Wildman–Crippen LogP) is 7.00. The fourth-order valence-corrected chi connectivity index (χ4v) is 3.02. The van der Waals surface area contributed by atoms with Crippen molar-refractivity contribution in [1.29, 1.82) is 5.26 Å². The number of aldehydes is 1. The van der Waals surface area contributed by atoms with E-state index in [0.29, 0.717) is 10.6 Å². The van der Waals surface area contributed by atoms with Crippen LogP contribution in [-0.4, -0.2) is 37.5 Å². The summed E-state index contributed by atoms with van der Waals surface area (Å²) in [6, 6.07) is 14.2. The molecule has 0 N–H and O–H groups in total. The summed E-state index contributed by atoms with van der Waals surface area (Å²) in [5.74, 6) is 0.852. The van der Waals surface area contributed by atoms with Gasteiger partial charge in [0.05, 0.1) is 17.0 Å². The number of nitrogens with zero attached hydrogens (tertiary/aromatic N) is 2. The van der Waals surface area contributed by atoms with Crippen LogP contribution in [0.25, 0.3) is 0 Å². The maximum Gasteiger partial charge on any atom is 0.395 e. The number of carbonyl (C=O) groups excluding carboxylic acids is 1. The Balaban J connectivity index is 0.000000419. The first kappa shape index (κ1) is 30.6. The van der Waals surface area contributed by atoms with Gasteiger partial charge in [0.1, 0.15) is 18.2 Å². The van der Waals surface area contributed by atoms with E-state index in [1.165, 1.54) is 25.6 Å². The summed E-state index contributed by atoms with van der Waals surface area (Å²) >= 11 is 5.71. The van der Waals surface area contributed by atoms with E-state index >= 15 is 0 Å². The molecule has 1 fully saturated rings. The van der Waals surface area contributed by atoms with Crippen LogP contribution in [0.2, 0.25) is 5.02 Å². The Bertz CT molecular complexity index is 873. The lowest BCUT2D eigenvalue weighted by molar-refractivity contribution is -0.144. The molecule has 0 aliphatic carbocycles. The lowest BCUT2D eigenvalue weighted by Crippen LogP contribution is -2.12. The summed E-state index contributed by atoms with van der Waals surface area (Å²) < 4.78 is 45.1. The standard InChI is InChI=1S/C8H6ClN.C8H9F.C6H13N.C3H3F3O/c1-6-2-3-7(5-10)8(9)4-6;1-2-7-5-3-4-6-8(7)9;1-6-3-4-7(2)5-6;4-3(5,6)1-2-7/h2-4H,1H3;3-6H,2H2,1H3;6H,3-5H2,1-2H3;2H,1H2. The van der Waals surface area contributed by atoms with Gasteiger partial charge in [-0.15, -0.1) is 0 Å². The average Bonchev–Trinajstić information content (AvgIpc) is 3.11. The molecule has 0 bridgehead atoms. The lowest BCUT2D eigenvalue weighted by Gasteiger charge is -2.03. The minimum atomic E-state index is -4.32. The Hall–Kier alpha value is -2.43. The van der Waals surface area contributed by atoms with Crippen molar-refractivity contribution in [2.24, 2.45) is 5.92 Å². The molecule has 0 amide bonds. The van der Waals surface area contributed by atoms with Gasteiger partial charge in [0, 0.05) is 6.54 Å².